The molecule has 0 aliphatic heterocycles. The number of carbonyl (C=O) groups is 2. The van der Waals surface area contributed by atoms with Crippen LogP contribution in [0.4, 0.5) is 4.79 Å². The maximum absolute atomic E-state index is 11.4. The van der Waals surface area contributed by atoms with Gasteiger partial charge in [0.05, 0.1) is 12.5 Å². The van der Waals surface area contributed by atoms with Crippen LogP contribution in [0.3, 0.4) is 0 Å². The van der Waals surface area contributed by atoms with Crippen LogP contribution in [-0.2, 0) is 11.3 Å². The Bertz CT molecular complexity index is 362. The molecule has 1 heterocycles. The van der Waals surface area contributed by atoms with Gasteiger partial charge in [0.1, 0.15) is 6.04 Å². The molecule has 1 unspecified atom stereocenters. The summed E-state index contributed by atoms with van der Waals surface area (Å²) in [5.74, 6) is -1.02. The second-order valence-corrected chi connectivity index (χ2v) is 3.64. The number of carboxylic acid groups (broad SMARTS) is 1. The van der Waals surface area contributed by atoms with Gasteiger partial charge in [0.25, 0.3) is 0 Å². The Balaban J connectivity index is 2.34. The van der Waals surface area contributed by atoms with Crippen LogP contribution in [0.1, 0.15) is 25.3 Å². The van der Waals surface area contributed by atoms with Gasteiger partial charge in [-0.15, -0.1) is 0 Å². The van der Waals surface area contributed by atoms with Crippen LogP contribution >= 0.6 is 0 Å². The average molecular weight is 240 g/mol. The highest BCUT2D eigenvalue weighted by Gasteiger charge is 2.18. The topological polar surface area (TPSA) is 91.6 Å². The normalized spacial score (nSPS) is 11.8. The molecule has 0 fully saturated rings. The summed E-state index contributed by atoms with van der Waals surface area (Å²) in [6.07, 6.45) is 4.13. The van der Waals surface area contributed by atoms with Crippen molar-refractivity contribution in [3.05, 3.63) is 24.2 Å². The van der Waals surface area contributed by atoms with Gasteiger partial charge in [-0.25, -0.2) is 9.59 Å². The fourth-order valence-electron chi connectivity index (χ4n) is 1.33. The van der Waals surface area contributed by atoms with E-state index in [2.05, 4.69) is 10.6 Å². The Kier molecular flexibility index (Phi) is 5.06. The molecule has 0 spiro atoms. The summed E-state index contributed by atoms with van der Waals surface area (Å²) < 4.78 is 4.84. The highest BCUT2D eigenvalue weighted by molar-refractivity contribution is 5.82. The molecule has 1 aromatic rings. The van der Waals surface area contributed by atoms with Gasteiger partial charge in [-0.1, -0.05) is 13.3 Å². The zero-order chi connectivity index (χ0) is 12.7. The lowest BCUT2D eigenvalue weighted by molar-refractivity contribution is -0.139. The van der Waals surface area contributed by atoms with Crippen LogP contribution < -0.4 is 10.6 Å². The second-order valence-electron chi connectivity index (χ2n) is 3.64. The van der Waals surface area contributed by atoms with Crippen molar-refractivity contribution in [2.75, 3.05) is 0 Å². The van der Waals surface area contributed by atoms with E-state index < -0.39 is 18.0 Å². The molecule has 6 heteroatoms. The van der Waals surface area contributed by atoms with Crippen LogP contribution in [0.15, 0.2) is 23.0 Å². The number of nitrogens with one attached hydrogen (secondary N) is 2. The van der Waals surface area contributed by atoms with Crippen molar-refractivity contribution in [2.45, 2.75) is 32.4 Å². The molecule has 0 aliphatic rings. The minimum absolute atomic E-state index is 0.306. The van der Waals surface area contributed by atoms with E-state index in [1.165, 1.54) is 12.5 Å². The predicted molar refractivity (Wildman–Crippen MR) is 60.4 cm³/mol. The zero-order valence-electron chi connectivity index (χ0n) is 9.60. The molecule has 1 aromatic heterocycles. The van der Waals surface area contributed by atoms with Crippen LogP contribution in [0.2, 0.25) is 0 Å². The zero-order valence-corrected chi connectivity index (χ0v) is 9.60. The summed E-state index contributed by atoms with van der Waals surface area (Å²) in [7, 11) is 0. The SMILES string of the molecule is CCCC(NC(=O)NCc1ccoc1)C(=O)O. The maximum atomic E-state index is 11.4. The largest absolute Gasteiger partial charge is 0.480 e. The van der Waals surface area contributed by atoms with Crippen molar-refractivity contribution >= 4 is 12.0 Å². The molecule has 0 bridgehead atoms. The van der Waals surface area contributed by atoms with Crippen LogP contribution in [0.25, 0.3) is 0 Å². The van der Waals surface area contributed by atoms with Gasteiger partial charge in [0, 0.05) is 12.1 Å². The number of carboxylic acids is 1. The summed E-state index contributed by atoms with van der Waals surface area (Å²) in [6, 6.07) is 0.387. The monoisotopic (exact) mass is 240 g/mol. The lowest BCUT2D eigenvalue weighted by Crippen LogP contribution is -2.45. The van der Waals surface area contributed by atoms with E-state index in [0.29, 0.717) is 19.4 Å². The van der Waals surface area contributed by atoms with E-state index in [1.54, 1.807) is 6.07 Å². The molecule has 2 amide bonds. The minimum atomic E-state index is -1.02. The Morgan fingerprint density at radius 3 is 2.82 bits per heavy atom. The van der Waals surface area contributed by atoms with Gasteiger partial charge in [0.2, 0.25) is 0 Å². The number of urea groups is 1. The Hall–Kier alpha value is -1.98. The van der Waals surface area contributed by atoms with Gasteiger partial charge in [-0.05, 0) is 12.5 Å². The quantitative estimate of drug-likeness (QED) is 0.699. The first-order chi connectivity index (χ1) is 8.13. The molecule has 94 valence electrons. The van der Waals surface area contributed by atoms with E-state index in [9.17, 15) is 9.59 Å². The first kappa shape index (κ1) is 13.1. The van der Waals surface area contributed by atoms with Crippen molar-refractivity contribution in [1.29, 1.82) is 0 Å². The molecule has 0 aliphatic carbocycles. The smallest absolute Gasteiger partial charge is 0.326 e. The van der Waals surface area contributed by atoms with Gasteiger partial charge in [-0.2, -0.15) is 0 Å². The molecule has 0 aromatic carbocycles. The van der Waals surface area contributed by atoms with Crippen molar-refractivity contribution in [1.82, 2.24) is 10.6 Å². The van der Waals surface area contributed by atoms with Crippen molar-refractivity contribution < 1.29 is 19.1 Å². The Labute approximate surface area is 99.0 Å². The highest BCUT2D eigenvalue weighted by Crippen LogP contribution is 1.99. The summed E-state index contributed by atoms with van der Waals surface area (Å²) in [6.45, 7) is 2.17. The van der Waals surface area contributed by atoms with Crippen LogP contribution in [0, 0.1) is 0 Å². The molecule has 0 saturated carbocycles. The Morgan fingerprint density at radius 2 is 2.29 bits per heavy atom. The molecule has 6 nitrogen and oxygen atoms in total. The average Bonchev–Trinajstić information content (AvgIpc) is 2.78. The van der Waals surface area contributed by atoms with Crippen LogP contribution in [0.5, 0.6) is 0 Å². The number of hydrogen-bond donors (Lipinski definition) is 3. The van der Waals surface area contributed by atoms with Crippen LogP contribution in [-0.4, -0.2) is 23.1 Å². The Morgan fingerprint density at radius 1 is 1.53 bits per heavy atom. The first-order valence-electron chi connectivity index (χ1n) is 5.41. The standard InChI is InChI=1S/C11H16N2O4/c1-2-3-9(10(14)15)13-11(16)12-6-8-4-5-17-7-8/h4-5,7,9H,2-3,6H2,1H3,(H,14,15)(H2,12,13,16). The molecule has 1 rings (SSSR count). The van der Waals surface area contributed by atoms with Gasteiger partial charge in [0.15, 0.2) is 0 Å². The van der Waals surface area contributed by atoms with Crippen molar-refractivity contribution in [3.8, 4) is 0 Å². The summed E-state index contributed by atoms with van der Waals surface area (Å²) >= 11 is 0. The fourth-order valence-corrected chi connectivity index (χ4v) is 1.33. The van der Waals surface area contributed by atoms with E-state index in [-0.39, 0.29) is 0 Å². The molecule has 17 heavy (non-hydrogen) atoms. The molecule has 1 atom stereocenters. The lowest BCUT2D eigenvalue weighted by Gasteiger charge is -2.13. The fraction of sp³-hybridized carbons (Fsp3) is 0.455. The third-order valence-corrected chi connectivity index (χ3v) is 2.21. The van der Waals surface area contributed by atoms with E-state index in [1.807, 2.05) is 6.92 Å². The lowest BCUT2D eigenvalue weighted by atomic mass is 10.2. The molecular formula is C11H16N2O4. The first-order valence-corrected chi connectivity index (χ1v) is 5.41. The van der Waals surface area contributed by atoms with Crippen molar-refractivity contribution in [3.63, 3.8) is 0 Å². The minimum Gasteiger partial charge on any atom is -0.480 e. The summed E-state index contributed by atoms with van der Waals surface area (Å²) in [5.41, 5.74) is 0.822. The molecule has 3 N–H and O–H groups in total. The number of hydrogen-bond acceptors (Lipinski definition) is 3. The number of aliphatic carboxylic acids is 1. The van der Waals surface area contributed by atoms with Crippen molar-refractivity contribution in [2.24, 2.45) is 0 Å². The third-order valence-electron chi connectivity index (χ3n) is 2.21. The van der Waals surface area contributed by atoms with Gasteiger partial charge < -0.3 is 20.2 Å². The molecule has 0 saturated heterocycles. The number of furan rings is 1. The van der Waals surface area contributed by atoms with E-state index in [0.717, 1.165) is 5.56 Å². The van der Waals surface area contributed by atoms with E-state index in [4.69, 9.17) is 9.52 Å². The van der Waals surface area contributed by atoms with Gasteiger partial charge >= 0.3 is 12.0 Å². The predicted octanol–water partition coefficient (Wildman–Crippen LogP) is 1.33. The number of rotatable bonds is 6. The number of amides is 2. The highest BCUT2D eigenvalue weighted by atomic mass is 16.4. The number of carbonyl (C=O) groups excluding carboxylic acids is 1. The summed E-state index contributed by atoms with van der Waals surface area (Å²) in [5, 5.41) is 13.8. The molecular weight excluding hydrogens is 224 g/mol. The second kappa shape index (κ2) is 6.57. The maximum Gasteiger partial charge on any atom is 0.326 e. The summed E-state index contributed by atoms with van der Waals surface area (Å²) in [4.78, 5) is 22.2. The van der Waals surface area contributed by atoms with Gasteiger partial charge in [-0.3, -0.25) is 0 Å². The molecule has 0 radical (unpaired) electrons. The third kappa shape index (κ3) is 4.58. The van der Waals surface area contributed by atoms with E-state index >= 15 is 0 Å².